The third-order valence-corrected chi connectivity index (χ3v) is 7.53. The molecule has 1 heterocycles. The van der Waals surface area contributed by atoms with Gasteiger partial charge in [-0.05, 0) is 61.2 Å². The van der Waals surface area contributed by atoms with Crippen LogP contribution in [0.2, 0.25) is 0 Å². The van der Waals surface area contributed by atoms with E-state index in [4.69, 9.17) is 14.2 Å². The van der Waals surface area contributed by atoms with Gasteiger partial charge in [0.05, 0.1) is 27.0 Å². The molecule has 0 unspecified atom stereocenters. The van der Waals surface area contributed by atoms with Gasteiger partial charge in [0, 0.05) is 31.1 Å². The largest absolute Gasteiger partial charge is 0.497 e. The van der Waals surface area contributed by atoms with Crippen LogP contribution in [0.4, 0.5) is 11.5 Å². The van der Waals surface area contributed by atoms with Crippen molar-refractivity contribution in [2.45, 2.75) is 63.5 Å². The topological polar surface area (TPSA) is 119 Å². The Balaban J connectivity index is 1.66. The van der Waals surface area contributed by atoms with E-state index in [0.29, 0.717) is 34.3 Å². The molecular weight excluding hydrogens is 548 g/mol. The maximum atomic E-state index is 14.1. The molecule has 0 saturated heterocycles. The van der Waals surface area contributed by atoms with Gasteiger partial charge in [0.15, 0.2) is 0 Å². The van der Waals surface area contributed by atoms with Crippen LogP contribution >= 0.6 is 0 Å². The van der Waals surface area contributed by atoms with Gasteiger partial charge in [-0.15, -0.1) is 0 Å². The van der Waals surface area contributed by atoms with Gasteiger partial charge < -0.3 is 24.8 Å². The smallest absolute Gasteiger partial charge is 0.248 e. The maximum Gasteiger partial charge on any atom is 0.248 e. The molecular formula is C33H40N4O6. The maximum absolute atomic E-state index is 14.1. The first kappa shape index (κ1) is 31.3. The summed E-state index contributed by atoms with van der Waals surface area (Å²) in [4.78, 5) is 46.4. The fourth-order valence-corrected chi connectivity index (χ4v) is 5.29. The van der Waals surface area contributed by atoms with Crippen LogP contribution in [0.3, 0.4) is 0 Å². The fourth-order valence-electron chi connectivity index (χ4n) is 5.29. The number of benzene rings is 2. The zero-order valence-corrected chi connectivity index (χ0v) is 25.0. The SMILES string of the molecule is COc1ccc([C@H](C(=O)NC2CCCCC2)N(C(=O)CCCC(=O)Nc2ccccn2)c2ccc(OC)cc2OC)cc1. The summed E-state index contributed by atoms with van der Waals surface area (Å²) in [7, 11) is 4.63. The zero-order chi connectivity index (χ0) is 30.6. The molecule has 2 aromatic carbocycles. The first-order chi connectivity index (χ1) is 20.9. The van der Waals surface area contributed by atoms with E-state index in [1.807, 2.05) is 0 Å². The highest BCUT2D eigenvalue weighted by Gasteiger charge is 2.35. The Morgan fingerprint density at radius 1 is 0.884 bits per heavy atom. The summed E-state index contributed by atoms with van der Waals surface area (Å²) in [6, 6.07) is 16.5. The van der Waals surface area contributed by atoms with Gasteiger partial charge in [0.2, 0.25) is 17.7 Å². The lowest BCUT2D eigenvalue weighted by molar-refractivity contribution is -0.127. The number of carbonyl (C=O) groups excluding carboxylic acids is 3. The molecule has 10 nitrogen and oxygen atoms in total. The van der Waals surface area contributed by atoms with Gasteiger partial charge in [-0.25, -0.2) is 4.98 Å². The number of rotatable bonds is 13. The quantitative estimate of drug-likeness (QED) is 0.273. The van der Waals surface area contributed by atoms with E-state index in [1.54, 1.807) is 81.1 Å². The number of pyridine rings is 1. The van der Waals surface area contributed by atoms with E-state index in [9.17, 15) is 14.4 Å². The fraction of sp³-hybridized carbons (Fsp3) is 0.394. The highest BCUT2D eigenvalue weighted by atomic mass is 16.5. The lowest BCUT2D eigenvalue weighted by Gasteiger charge is -2.34. The third kappa shape index (κ3) is 8.47. The molecule has 43 heavy (non-hydrogen) atoms. The van der Waals surface area contributed by atoms with Gasteiger partial charge >= 0.3 is 0 Å². The molecule has 228 valence electrons. The molecule has 3 amide bonds. The van der Waals surface area contributed by atoms with Crippen LogP contribution in [-0.4, -0.2) is 50.1 Å². The summed E-state index contributed by atoms with van der Waals surface area (Å²) in [6.45, 7) is 0. The van der Waals surface area contributed by atoms with Crippen LogP contribution in [0.5, 0.6) is 17.2 Å². The molecule has 0 bridgehead atoms. The van der Waals surface area contributed by atoms with Crippen molar-refractivity contribution in [2.24, 2.45) is 0 Å². The van der Waals surface area contributed by atoms with Crippen molar-refractivity contribution < 1.29 is 28.6 Å². The molecule has 0 spiro atoms. The highest BCUT2D eigenvalue weighted by molar-refractivity contribution is 6.02. The lowest BCUT2D eigenvalue weighted by atomic mass is 9.94. The molecule has 1 aromatic heterocycles. The molecule has 2 N–H and O–H groups in total. The van der Waals surface area contributed by atoms with Crippen molar-refractivity contribution in [3.05, 3.63) is 72.4 Å². The van der Waals surface area contributed by atoms with Crippen LogP contribution in [0.25, 0.3) is 0 Å². The van der Waals surface area contributed by atoms with Crippen molar-refractivity contribution in [3.63, 3.8) is 0 Å². The molecule has 3 aromatic rings. The Bertz CT molecular complexity index is 1360. The predicted molar refractivity (Wildman–Crippen MR) is 165 cm³/mol. The minimum absolute atomic E-state index is 0.0220. The number of hydrogen-bond donors (Lipinski definition) is 2. The minimum atomic E-state index is -0.995. The van der Waals surface area contributed by atoms with Crippen molar-refractivity contribution in [3.8, 4) is 17.2 Å². The average molecular weight is 589 g/mol. The summed E-state index contributed by atoms with van der Waals surface area (Å²) in [6.07, 6.45) is 7.03. The predicted octanol–water partition coefficient (Wildman–Crippen LogP) is 5.44. The number of amides is 3. The zero-order valence-electron chi connectivity index (χ0n) is 25.0. The Morgan fingerprint density at radius 3 is 2.26 bits per heavy atom. The first-order valence-electron chi connectivity index (χ1n) is 14.6. The molecule has 0 radical (unpaired) electrons. The number of aromatic nitrogens is 1. The Morgan fingerprint density at radius 2 is 1.60 bits per heavy atom. The number of nitrogens with one attached hydrogen (secondary N) is 2. The first-order valence-corrected chi connectivity index (χ1v) is 14.6. The Hall–Kier alpha value is -4.60. The van der Waals surface area contributed by atoms with E-state index >= 15 is 0 Å². The van der Waals surface area contributed by atoms with E-state index < -0.39 is 6.04 Å². The van der Waals surface area contributed by atoms with Crippen LogP contribution < -0.4 is 29.7 Å². The molecule has 0 aliphatic heterocycles. The number of carbonyl (C=O) groups is 3. The van der Waals surface area contributed by atoms with Gasteiger partial charge in [0.1, 0.15) is 29.1 Å². The standard InChI is InChI=1S/C33H40N4O6/c1-41-25-17-15-23(16-18-25)32(33(40)35-24-10-5-4-6-11-24)37(27-20-19-26(42-2)22-28(27)43-3)31(39)14-9-13-30(38)36-29-12-7-8-21-34-29/h7-8,12,15-22,24,32H,4-6,9-11,13-14H2,1-3H3,(H,35,40)(H,34,36,38)/t32-/m1/s1. The van der Waals surface area contributed by atoms with Crippen molar-refractivity contribution in [1.29, 1.82) is 0 Å². The van der Waals surface area contributed by atoms with Gasteiger partial charge in [-0.3, -0.25) is 19.3 Å². The van der Waals surface area contributed by atoms with E-state index in [0.717, 1.165) is 32.1 Å². The second-order valence-corrected chi connectivity index (χ2v) is 10.4. The van der Waals surface area contributed by atoms with Crippen LogP contribution in [-0.2, 0) is 14.4 Å². The Labute approximate surface area is 252 Å². The number of methoxy groups -OCH3 is 3. The van der Waals surface area contributed by atoms with E-state index in [2.05, 4.69) is 15.6 Å². The van der Waals surface area contributed by atoms with Crippen LogP contribution in [0, 0.1) is 0 Å². The second-order valence-electron chi connectivity index (χ2n) is 10.4. The molecule has 10 heteroatoms. The molecule has 1 saturated carbocycles. The summed E-state index contributed by atoms with van der Waals surface area (Å²) >= 11 is 0. The number of ether oxygens (including phenoxy) is 3. The molecule has 1 aliphatic carbocycles. The van der Waals surface area contributed by atoms with Crippen LogP contribution in [0.15, 0.2) is 66.9 Å². The summed E-state index contributed by atoms with van der Waals surface area (Å²) in [5, 5.41) is 5.96. The summed E-state index contributed by atoms with van der Waals surface area (Å²) in [5.74, 6) is 1.15. The van der Waals surface area contributed by atoms with Crippen LogP contribution in [0.1, 0.15) is 63.0 Å². The number of anilines is 2. The lowest BCUT2D eigenvalue weighted by Crippen LogP contribution is -2.47. The van der Waals surface area contributed by atoms with Crippen molar-refractivity contribution >= 4 is 29.2 Å². The Kier molecular flexibility index (Phi) is 11.4. The molecule has 1 fully saturated rings. The van der Waals surface area contributed by atoms with Crippen molar-refractivity contribution in [2.75, 3.05) is 31.5 Å². The van der Waals surface area contributed by atoms with E-state index in [1.165, 1.54) is 12.0 Å². The second kappa shape index (κ2) is 15.6. The van der Waals surface area contributed by atoms with Crippen molar-refractivity contribution in [1.82, 2.24) is 10.3 Å². The molecule has 1 aliphatic rings. The summed E-state index contributed by atoms with van der Waals surface area (Å²) in [5.41, 5.74) is 1.04. The normalized spacial score (nSPS) is 13.8. The molecule has 1 atom stereocenters. The number of nitrogens with zero attached hydrogens (tertiary/aromatic N) is 2. The highest BCUT2D eigenvalue weighted by Crippen LogP contribution is 2.38. The van der Waals surface area contributed by atoms with Gasteiger partial charge in [0.25, 0.3) is 0 Å². The van der Waals surface area contributed by atoms with Gasteiger partial charge in [-0.1, -0.05) is 37.5 Å². The van der Waals surface area contributed by atoms with Gasteiger partial charge in [-0.2, -0.15) is 0 Å². The van der Waals surface area contributed by atoms with E-state index in [-0.39, 0.29) is 43.0 Å². The monoisotopic (exact) mass is 588 g/mol. The summed E-state index contributed by atoms with van der Waals surface area (Å²) < 4.78 is 16.4. The number of hydrogen-bond acceptors (Lipinski definition) is 7. The molecule has 4 rings (SSSR count). The third-order valence-electron chi connectivity index (χ3n) is 7.53. The average Bonchev–Trinajstić information content (AvgIpc) is 3.04. The minimum Gasteiger partial charge on any atom is -0.497 e.